The van der Waals surface area contributed by atoms with Crippen LogP contribution in [0.15, 0.2) is 66.2 Å². The topological polar surface area (TPSA) is 70.4 Å². The molecule has 2 aliphatic rings. The van der Waals surface area contributed by atoms with Gasteiger partial charge in [-0.25, -0.2) is 0 Å². The van der Waals surface area contributed by atoms with Gasteiger partial charge in [-0.05, 0) is 48.2 Å². The second kappa shape index (κ2) is 7.21. The molecular weight excluding hydrogens is 364 g/mol. The molecule has 1 amide bonds. The van der Waals surface area contributed by atoms with Gasteiger partial charge in [-0.3, -0.25) is 9.59 Å². The van der Waals surface area contributed by atoms with Gasteiger partial charge in [0.25, 0.3) is 0 Å². The maximum absolute atomic E-state index is 14.0. The van der Waals surface area contributed by atoms with Crippen molar-refractivity contribution in [2.45, 2.75) is 18.8 Å². The minimum Gasteiger partial charge on any atom is -0.497 e. The summed E-state index contributed by atoms with van der Waals surface area (Å²) in [6.45, 7) is 2.36. The molecule has 0 unspecified atom stereocenters. The van der Waals surface area contributed by atoms with Gasteiger partial charge in [0.1, 0.15) is 11.8 Å². The zero-order chi connectivity index (χ0) is 20.6. The Hall–Kier alpha value is -3.39. The highest BCUT2D eigenvalue weighted by Gasteiger charge is 2.56. The summed E-state index contributed by atoms with van der Waals surface area (Å²) in [6, 6.07) is 18.9. The van der Waals surface area contributed by atoms with Gasteiger partial charge in [-0.2, -0.15) is 5.26 Å². The molecule has 0 radical (unpaired) electrons. The molecule has 1 aliphatic heterocycles. The van der Waals surface area contributed by atoms with Crippen molar-refractivity contribution in [3.05, 3.63) is 71.8 Å². The number of nitriles is 1. The summed E-state index contributed by atoms with van der Waals surface area (Å²) in [4.78, 5) is 28.4. The monoisotopic (exact) mass is 386 g/mol. The number of methoxy groups -OCH3 is 1. The van der Waals surface area contributed by atoms with Gasteiger partial charge in [0.15, 0.2) is 5.78 Å². The molecule has 1 aliphatic carbocycles. The summed E-state index contributed by atoms with van der Waals surface area (Å²) in [5.41, 5.74) is 0.640. The minimum atomic E-state index is -1.03. The van der Waals surface area contributed by atoms with Crippen molar-refractivity contribution in [2.24, 2.45) is 11.8 Å². The fourth-order valence-electron chi connectivity index (χ4n) is 4.75. The molecule has 1 fully saturated rings. The standard InChI is InChI=1S/C24H22N2O3/c1-16-21-12-13-26(19-8-10-20(29-2)11-9-19)23(28)24(21,14-17(15-25)22(16)27)18-6-4-3-5-7-18/h3-11,14,16,21H,12-13H2,1-2H3/t16-,21-,24+/m1/s1. The van der Waals surface area contributed by atoms with Crippen LogP contribution in [0.4, 0.5) is 5.69 Å². The summed E-state index contributed by atoms with van der Waals surface area (Å²) in [5, 5.41) is 9.58. The number of hydrogen-bond donors (Lipinski definition) is 0. The second-order valence-corrected chi connectivity index (χ2v) is 7.61. The Balaban J connectivity index is 1.89. The van der Waals surface area contributed by atoms with E-state index >= 15 is 0 Å². The number of carbonyl (C=O) groups is 2. The number of fused-ring (bicyclic) bond motifs is 1. The number of carbonyl (C=O) groups excluding carboxylic acids is 2. The van der Waals surface area contributed by atoms with Crippen LogP contribution in [0, 0.1) is 23.2 Å². The van der Waals surface area contributed by atoms with Crippen LogP contribution in [0.5, 0.6) is 5.75 Å². The molecule has 146 valence electrons. The van der Waals surface area contributed by atoms with Crippen molar-refractivity contribution >= 4 is 17.4 Å². The van der Waals surface area contributed by atoms with Crippen molar-refractivity contribution in [3.8, 4) is 11.8 Å². The highest BCUT2D eigenvalue weighted by atomic mass is 16.5. The molecule has 2 aromatic carbocycles. The lowest BCUT2D eigenvalue weighted by Gasteiger charge is -2.49. The Morgan fingerprint density at radius 1 is 1.10 bits per heavy atom. The molecule has 1 saturated heterocycles. The molecule has 0 bridgehead atoms. The Morgan fingerprint density at radius 2 is 1.79 bits per heavy atom. The first-order chi connectivity index (χ1) is 14.0. The van der Waals surface area contributed by atoms with Crippen LogP contribution in [0.25, 0.3) is 0 Å². The van der Waals surface area contributed by atoms with Crippen LogP contribution in [-0.2, 0) is 15.0 Å². The molecule has 5 heteroatoms. The van der Waals surface area contributed by atoms with E-state index in [0.29, 0.717) is 13.0 Å². The van der Waals surface area contributed by atoms with Crippen molar-refractivity contribution in [1.82, 2.24) is 0 Å². The van der Waals surface area contributed by atoms with E-state index in [-0.39, 0.29) is 23.2 Å². The Labute approximate surface area is 170 Å². The summed E-state index contributed by atoms with van der Waals surface area (Å²) in [5.74, 6) is -0.127. The van der Waals surface area contributed by atoms with E-state index in [1.54, 1.807) is 18.1 Å². The van der Waals surface area contributed by atoms with Gasteiger partial charge in [0.05, 0.1) is 18.1 Å². The highest BCUT2D eigenvalue weighted by Crippen LogP contribution is 2.49. The molecular formula is C24H22N2O3. The van der Waals surface area contributed by atoms with E-state index in [4.69, 9.17) is 4.74 Å². The summed E-state index contributed by atoms with van der Waals surface area (Å²) >= 11 is 0. The fraction of sp³-hybridized carbons (Fsp3) is 0.292. The average Bonchev–Trinajstić information content (AvgIpc) is 2.77. The molecule has 0 N–H and O–H groups in total. The lowest BCUT2D eigenvalue weighted by atomic mass is 9.57. The molecule has 0 aromatic heterocycles. The third-order valence-electron chi connectivity index (χ3n) is 6.26. The first-order valence-corrected chi connectivity index (χ1v) is 9.71. The average molecular weight is 386 g/mol. The number of hydrogen-bond acceptors (Lipinski definition) is 4. The van der Waals surface area contributed by atoms with Gasteiger partial charge in [0.2, 0.25) is 5.91 Å². The highest BCUT2D eigenvalue weighted by molar-refractivity contribution is 6.10. The van der Waals surface area contributed by atoms with E-state index < -0.39 is 11.3 Å². The number of anilines is 1. The zero-order valence-electron chi connectivity index (χ0n) is 16.5. The summed E-state index contributed by atoms with van der Waals surface area (Å²) in [6.07, 6.45) is 2.29. The molecule has 29 heavy (non-hydrogen) atoms. The number of rotatable bonds is 3. The lowest BCUT2D eigenvalue weighted by molar-refractivity contribution is -0.130. The van der Waals surface area contributed by atoms with Crippen molar-refractivity contribution in [1.29, 1.82) is 5.26 Å². The number of allylic oxidation sites excluding steroid dienone is 1. The zero-order valence-corrected chi connectivity index (χ0v) is 16.5. The minimum absolute atomic E-state index is 0.0718. The molecule has 3 atom stereocenters. The Bertz CT molecular complexity index is 1020. The molecule has 5 nitrogen and oxygen atoms in total. The van der Waals surface area contributed by atoms with E-state index in [2.05, 4.69) is 0 Å². The number of ketones is 1. The SMILES string of the molecule is COc1ccc(N2CC[C@@H]3[C@@H](C)C(=O)C(C#N)=C[C@@]3(c3ccccc3)C2=O)cc1. The first kappa shape index (κ1) is 18.9. The van der Waals surface area contributed by atoms with Gasteiger partial charge in [-0.15, -0.1) is 0 Å². The smallest absolute Gasteiger partial charge is 0.241 e. The van der Waals surface area contributed by atoms with Crippen LogP contribution < -0.4 is 9.64 Å². The Kier molecular flexibility index (Phi) is 4.71. The predicted molar refractivity (Wildman–Crippen MR) is 109 cm³/mol. The van der Waals surface area contributed by atoms with Crippen molar-refractivity contribution in [3.63, 3.8) is 0 Å². The van der Waals surface area contributed by atoms with Crippen molar-refractivity contribution in [2.75, 3.05) is 18.6 Å². The number of piperidine rings is 1. The maximum atomic E-state index is 14.0. The van der Waals surface area contributed by atoms with E-state index in [1.807, 2.05) is 67.6 Å². The van der Waals surface area contributed by atoms with E-state index in [9.17, 15) is 14.9 Å². The van der Waals surface area contributed by atoms with Gasteiger partial charge >= 0.3 is 0 Å². The van der Waals surface area contributed by atoms with Crippen LogP contribution >= 0.6 is 0 Å². The van der Waals surface area contributed by atoms with Gasteiger partial charge in [0, 0.05) is 18.2 Å². The quantitative estimate of drug-likeness (QED) is 0.807. The molecule has 1 heterocycles. The number of amides is 1. The van der Waals surface area contributed by atoms with Crippen molar-refractivity contribution < 1.29 is 14.3 Å². The molecule has 0 spiro atoms. The number of ether oxygens (including phenoxy) is 1. The number of nitrogens with zero attached hydrogens (tertiary/aromatic N) is 2. The maximum Gasteiger partial charge on any atom is 0.241 e. The van der Waals surface area contributed by atoms with Gasteiger partial charge in [-0.1, -0.05) is 37.3 Å². The largest absolute Gasteiger partial charge is 0.497 e. The van der Waals surface area contributed by atoms with Crippen LogP contribution in [0.1, 0.15) is 18.9 Å². The van der Waals surface area contributed by atoms with E-state index in [0.717, 1.165) is 17.0 Å². The second-order valence-electron chi connectivity index (χ2n) is 7.61. The molecule has 2 aromatic rings. The lowest BCUT2D eigenvalue weighted by Crippen LogP contribution is -2.59. The van der Waals surface area contributed by atoms with Gasteiger partial charge < -0.3 is 9.64 Å². The summed E-state index contributed by atoms with van der Waals surface area (Å²) < 4.78 is 5.23. The third kappa shape index (κ3) is 2.84. The normalized spacial score (nSPS) is 26.4. The predicted octanol–water partition coefficient (Wildman–Crippen LogP) is 3.65. The molecule has 0 saturated carbocycles. The van der Waals surface area contributed by atoms with Crippen LogP contribution in [-0.4, -0.2) is 25.3 Å². The fourth-order valence-corrected chi connectivity index (χ4v) is 4.75. The van der Waals surface area contributed by atoms with Crippen LogP contribution in [0.2, 0.25) is 0 Å². The number of Topliss-reactive ketones (excluding diaryl/α,β-unsaturated/α-hetero) is 1. The third-order valence-corrected chi connectivity index (χ3v) is 6.26. The van der Waals surface area contributed by atoms with Crippen LogP contribution in [0.3, 0.4) is 0 Å². The first-order valence-electron chi connectivity index (χ1n) is 9.71. The summed E-state index contributed by atoms with van der Waals surface area (Å²) in [7, 11) is 1.60. The molecule has 4 rings (SSSR count). The Morgan fingerprint density at radius 3 is 2.41 bits per heavy atom. The number of benzene rings is 2. The van der Waals surface area contributed by atoms with E-state index in [1.165, 1.54) is 0 Å².